The van der Waals surface area contributed by atoms with Gasteiger partial charge in [-0.25, -0.2) is 4.79 Å². The average molecular weight is 413 g/mol. The number of ether oxygens (including phenoxy) is 5. The van der Waals surface area contributed by atoms with Crippen LogP contribution in [0.5, 0.6) is 23.0 Å². The highest BCUT2D eigenvalue weighted by atomic mass is 16.6. The molecule has 2 aromatic rings. The van der Waals surface area contributed by atoms with Crippen molar-refractivity contribution in [2.75, 3.05) is 32.8 Å². The standard InChI is InChI=1S/C22H23NO7/c1-14(22(25)23-16-6-8-18-20(12-16)29-11-10-28-18)30-21(24)9-5-15-4-7-17(26-2)13-19(15)27-3/h4-9,12-14H,10-11H2,1-3H3,(H,23,25)/b9-5+/t14-/m1/s1. The number of hydrogen-bond acceptors (Lipinski definition) is 7. The van der Waals surface area contributed by atoms with Gasteiger partial charge in [0.25, 0.3) is 5.91 Å². The molecule has 1 heterocycles. The SMILES string of the molecule is COc1ccc(/C=C/C(=O)O[C@H](C)C(=O)Nc2ccc3c(c2)OCCO3)c(OC)c1. The highest BCUT2D eigenvalue weighted by molar-refractivity contribution is 5.97. The van der Waals surface area contributed by atoms with Crippen molar-refractivity contribution in [2.45, 2.75) is 13.0 Å². The van der Waals surface area contributed by atoms with Gasteiger partial charge >= 0.3 is 5.97 Å². The molecular weight excluding hydrogens is 390 g/mol. The molecule has 0 spiro atoms. The average Bonchev–Trinajstić information content (AvgIpc) is 2.77. The van der Waals surface area contributed by atoms with Gasteiger partial charge in [0.1, 0.15) is 24.7 Å². The van der Waals surface area contributed by atoms with Crippen molar-refractivity contribution in [1.29, 1.82) is 0 Å². The number of carbonyl (C=O) groups is 2. The van der Waals surface area contributed by atoms with Crippen LogP contribution in [0.25, 0.3) is 6.08 Å². The van der Waals surface area contributed by atoms with Crippen LogP contribution in [-0.2, 0) is 14.3 Å². The van der Waals surface area contributed by atoms with Crippen LogP contribution < -0.4 is 24.3 Å². The van der Waals surface area contributed by atoms with Crippen LogP contribution in [0, 0.1) is 0 Å². The van der Waals surface area contributed by atoms with Crippen LogP contribution in [0.4, 0.5) is 5.69 Å². The molecule has 158 valence electrons. The largest absolute Gasteiger partial charge is 0.497 e. The van der Waals surface area contributed by atoms with Crippen LogP contribution >= 0.6 is 0 Å². The van der Waals surface area contributed by atoms with Gasteiger partial charge in [0.15, 0.2) is 17.6 Å². The lowest BCUT2D eigenvalue weighted by molar-refractivity contribution is -0.148. The Morgan fingerprint density at radius 2 is 1.80 bits per heavy atom. The number of anilines is 1. The molecule has 0 aliphatic carbocycles. The Morgan fingerprint density at radius 1 is 1.03 bits per heavy atom. The molecular formula is C22H23NO7. The number of nitrogens with one attached hydrogen (secondary N) is 1. The fourth-order valence-electron chi connectivity index (χ4n) is 2.75. The number of rotatable bonds is 7. The zero-order valence-electron chi connectivity index (χ0n) is 17.0. The Balaban J connectivity index is 1.57. The summed E-state index contributed by atoms with van der Waals surface area (Å²) in [5.74, 6) is 1.24. The molecule has 2 aromatic carbocycles. The summed E-state index contributed by atoms with van der Waals surface area (Å²) in [7, 11) is 3.08. The first-order valence-corrected chi connectivity index (χ1v) is 9.31. The monoisotopic (exact) mass is 413 g/mol. The van der Waals surface area contributed by atoms with E-state index in [1.54, 1.807) is 49.6 Å². The van der Waals surface area contributed by atoms with Gasteiger partial charge in [-0.3, -0.25) is 4.79 Å². The Morgan fingerprint density at radius 3 is 2.53 bits per heavy atom. The summed E-state index contributed by atoms with van der Waals surface area (Å²) in [6.45, 7) is 2.43. The number of benzene rings is 2. The first kappa shape index (κ1) is 21.0. The van der Waals surface area contributed by atoms with E-state index in [1.165, 1.54) is 20.1 Å². The number of methoxy groups -OCH3 is 2. The van der Waals surface area contributed by atoms with Crippen LogP contribution in [0.3, 0.4) is 0 Å². The van der Waals surface area contributed by atoms with E-state index in [2.05, 4.69) is 5.32 Å². The molecule has 1 aliphatic heterocycles. The zero-order valence-corrected chi connectivity index (χ0v) is 17.0. The zero-order chi connectivity index (χ0) is 21.5. The van der Waals surface area contributed by atoms with Gasteiger partial charge in [0, 0.05) is 29.5 Å². The van der Waals surface area contributed by atoms with Crippen molar-refractivity contribution < 1.29 is 33.3 Å². The summed E-state index contributed by atoms with van der Waals surface area (Å²) in [6, 6.07) is 10.3. The van der Waals surface area contributed by atoms with Crippen molar-refractivity contribution in [3.05, 3.63) is 48.0 Å². The van der Waals surface area contributed by atoms with E-state index in [4.69, 9.17) is 23.7 Å². The van der Waals surface area contributed by atoms with Gasteiger partial charge in [-0.2, -0.15) is 0 Å². The van der Waals surface area contributed by atoms with Gasteiger partial charge in [-0.15, -0.1) is 0 Å². The summed E-state index contributed by atoms with van der Waals surface area (Å²) < 4.78 is 26.5. The Kier molecular flexibility index (Phi) is 6.79. The lowest BCUT2D eigenvalue weighted by atomic mass is 10.1. The maximum atomic E-state index is 12.3. The van der Waals surface area contributed by atoms with Crippen LogP contribution in [-0.4, -0.2) is 45.4 Å². The summed E-state index contributed by atoms with van der Waals surface area (Å²) in [4.78, 5) is 24.4. The fourth-order valence-corrected chi connectivity index (χ4v) is 2.75. The smallest absolute Gasteiger partial charge is 0.331 e. The van der Waals surface area contributed by atoms with Crippen molar-refractivity contribution in [2.24, 2.45) is 0 Å². The molecule has 0 bridgehead atoms. The molecule has 0 saturated carbocycles. The molecule has 8 heteroatoms. The normalized spacial score (nSPS) is 13.4. The predicted molar refractivity (Wildman–Crippen MR) is 110 cm³/mol. The highest BCUT2D eigenvalue weighted by Gasteiger charge is 2.18. The first-order chi connectivity index (χ1) is 14.5. The van der Waals surface area contributed by atoms with E-state index in [0.717, 1.165) is 0 Å². The number of hydrogen-bond donors (Lipinski definition) is 1. The second-order valence-corrected chi connectivity index (χ2v) is 6.37. The van der Waals surface area contributed by atoms with Gasteiger partial charge in [-0.1, -0.05) is 0 Å². The second-order valence-electron chi connectivity index (χ2n) is 6.37. The molecule has 3 rings (SSSR count). The second kappa shape index (κ2) is 9.69. The van der Waals surface area contributed by atoms with E-state index < -0.39 is 18.0 Å². The molecule has 30 heavy (non-hydrogen) atoms. The molecule has 8 nitrogen and oxygen atoms in total. The molecule has 0 unspecified atom stereocenters. The predicted octanol–water partition coefficient (Wildman–Crippen LogP) is 3.06. The van der Waals surface area contributed by atoms with Crippen molar-refractivity contribution in [1.82, 2.24) is 0 Å². The quantitative estimate of drug-likeness (QED) is 0.551. The summed E-state index contributed by atoms with van der Waals surface area (Å²) in [6.07, 6.45) is 1.79. The van der Waals surface area contributed by atoms with Gasteiger partial charge in [0.05, 0.1) is 14.2 Å². The lowest BCUT2D eigenvalue weighted by Crippen LogP contribution is -2.29. The van der Waals surface area contributed by atoms with E-state index in [9.17, 15) is 9.59 Å². The molecule has 1 N–H and O–H groups in total. The molecule has 1 aliphatic rings. The Hall–Kier alpha value is -3.68. The third-order valence-electron chi connectivity index (χ3n) is 4.31. The summed E-state index contributed by atoms with van der Waals surface area (Å²) in [5.41, 5.74) is 1.19. The van der Waals surface area contributed by atoms with Gasteiger partial charge in [-0.05, 0) is 37.3 Å². The maximum absolute atomic E-state index is 12.3. The van der Waals surface area contributed by atoms with Crippen LogP contribution in [0.15, 0.2) is 42.5 Å². The minimum absolute atomic E-state index is 0.448. The van der Waals surface area contributed by atoms with Crippen molar-refractivity contribution in [3.8, 4) is 23.0 Å². The first-order valence-electron chi connectivity index (χ1n) is 9.31. The molecule has 0 aromatic heterocycles. The topological polar surface area (TPSA) is 92.3 Å². The van der Waals surface area contributed by atoms with Crippen molar-refractivity contribution in [3.63, 3.8) is 0 Å². The maximum Gasteiger partial charge on any atom is 0.331 e. The molecule has 1 atom stereocenters. The van der Waals surface area contributed by atoms with Gasteiger partial charge < -0.3 is 29.0 Å². The Bertz CT molecular complexity index is 954. The number of carbonyl (C=O) groups excluding carboxylic acids is 2. The van der Waals surface area contributed by atoms with Gasteiger partial charge in [0.2, 0.25) is 0 Å². The molecule has 1 amide bonds. The van der Waals surface area contributed by atoms with E-state index in [-0.39, 0.29) is 0 Å². The number of amides is 1. The molecule has 0 radical (unpaired) electrons. The summed E-state index contributed by atoms with van der Waals surface area (Å²) in [5, 5.41) is 2.69. The highest BCUT2D eigenvalue weighted by Crippen LogP contribution is 2.32. The number of esters is 1. The fraction of sp³-hybridized carbons (Fsp3) is 0.273. The molecule has 0 fully saturated rings. The lowest BCUT2D eigenvalue weighted by Gasteiger charge is -2.19. The third-order valence-corrected chi connectivity index (χ3v) is 4.31. The van der Waals surface area contributed by atoms with Crippen molar-refractivity contribution >= 4 is 23.6 Å². The minimum atomic E-state index is -0.992. The van der Waals surface area contributed by atoms with E-state index >= 15 is 0 Å². The van der Waals surface area contributed by atoms with E-state index in [1.807, 2.05) is 0 Å². The number of fused-ring (bicyclic) bond motifs is 1. The minimum Gasteiger partial charge on any atom is -0.497 e. The van der Waals surface area contributed by atoms with Crippen LogP contribution in [0.1, 0.15) is 12.5 Å². The third kappa shape index (κ3) is 5.22. The van der Waals surface area contributed by atoms with Crippen LogP contribution in [0.2, 0.25) is 0 Å². The summed E-state index contributed by atoms with van der Waals surface area (Å²) >= 11 is 0. The van der Waals surface area contributed by atoms with E-state index in [0.29, 0.717) is 47.5 Å². The Labute approximate surface area is 174 Å². The molecule has 0 saturated heterocycles.